The number of hydrogen-bond acceptors (Lipinski definition) is 2. The van der Waals surface area contributed by atoms with E-state index in [4.69, 9.17) is 5.11 Å². The van der Waals surface area contributed by atoms with Crippen molar-refractivity contribution in [1.29, 1.82) is 0 Å². The molecule has 13 heavy (non-hydrogen) atoms. The monoisotopic (exact) mass is 197 g/mol. The van der Waals surface area contributed by atoms with Crippen molar-refractivity contribution in [3.05, 3.63) is 12.4 Å². The van der Waals surface area contributed by atoms with Gasteiger partial charge in [-0.25, -0.2) is 4.39 Å². The first kappa shape index (κ1) is 11.5. The lowest BCUT2D eigenvalue weighted by Crippen LogP contribution is -2.41. The third kappa shape index (κ3) is 4.14. The molecule has 0 aromatic carbocycles. The number of amides is 1. The Labute approximate surface area is 71.0 Å². The molecule has 0 aliphatic carbocycles. The van der Waals surface area contributed by atoms with Crippen molar-refractivity contribution in [2.45, 2.75) is 5.92 Å². The van der Waals surface area contributed by atoms with Crippen molar-refractivity contribution in [3.8, 4) is 0 Å². The molecular formula is C6H6F3NO3. The quantitative estimate of drug-likeness (QED) is 0.681. The lowest BCUT2D eigenvalue weighted by atomic mass is 10.3. The van der Waals surface area contributed by atoms with Crippen LogP contribution in [0.25, 0.3) is 0 Å². The highest BCUT2D eigenvalue weighted by Gasteiger charge is 2.35. The molecule has 0 unspecified atom stereocenters. The van der Waals surface area contributed by atoms with Crippen molar-refractivity contribution in [2.24, 2.45) is 0 Å². The van der Waals surface area contributed by atoms with Gasteiger partial charge in [0.15, 0.2) is 0 Å². The summed E-state index contributed by atoms with van der Waals surface area (Å²) in [6.45, 7) is -0.936. The van der Waals surface area contributed by atoms with Gasteiger partial charge in [0.05, 0.1) is 6.33 Å². The van der Waals surface area contributed by atoms with Crippen LogP contribution in [0, 0.1) is 0 Å². The van der Waals surface area contributed by atoms with Gasteiger partial charge in [0.1, 0.15) is 6.54 Å². The topological polar surface area (TPSA) is 66.4 Å². The molecule has 0 saturated heterocycles. The molecule has 0 spiro atoms. The van der Waals surface area contributed by atoms with E-state index in [2.05, 4.69) is 0 Å². The van der Waals surface area contributed by atoms with E-state index >= 15 is 0 Å². The molecule has 0 saturated carbocycles. The lowest BCUT2D eigenvalue weighted by Gasteiger charge is -2.09. The largest absolute Gasteiger partial charge is 0.480 e. The number of hydrogen-bond donors (Lipinski definition) is 2. The summed E-state index contributed by atoms with van der Waals surface area (Å²) in [5.41, 5.74) is 0. The Morgan fingerprint density at radius 2 is 2.00 bits per heavy atom. The molecule has 0 aliphatic heterocycles. The molecular weight excluding hydrogens is 191 g/mol. The average Bonchev–Trinajstić information content (AvgIpc) is 1.99. The van der Waals surface area contributed by atoms with Crippen molar-refractivity contribution in [2.75, 3.05) is 6.54 Å². The molecule has 0 rings (SSSR count). The van der Waals surface area contributed by atoms with E-state index in [0.29, 0.717) is 0 Å². The minimum Gasteiger partial charge on any atom is -0.480 e. The molecule has 0 bridgehead atoms. The molecule has 0 fully saturated rings. The molecule has 2 N–H and O–H groups in total. The minimum atomic E-state index is -4.02. The van der Waals surface area contributed by atoms with Crippen LogP contribution in [0.15, 0.2) is 12.4 Å². The number of halogens is 3. The van der Waals surface area contributed by atoms with Crippen LogP contribution in [0.3, 0.4) is 0 Å². The van der Waals surface area contributed by atoms with Gasteiger partial charge in [-0.2, -0.15) is 8.78 Å². The molecule has 0 radical (unpaired) electrons. The average molecular weight is 197 g/mol. The predicted octanol–water partition coefficient (Wildman–Crippen LogP) is 0.306. The first-order chi connectivity index (χ1) is 5.90. The van der Waals surface area contributed by atoms with Crippen molar-refractivity contribution in [3.63, 3.8) is 0 Å². The summed E-state index contributed by atoms with van der Waals surface area (Å²) >= 11 is 0. The maximum absolute atomic E-state index is 12.3. The molecule has 0 atom stereocenters. The van der Waals surface area contributed by atoms with E-state index in [1.165, 1.54) is 5.32 Å². The van der Waals surface area contributed by atoms with Gasteiger partial charge in [-0.15, -0.1) is 0 Å². The Kier molecular flexibility index (Phi) is 3.96. The number of carboxylic acids is 1. The molecule has 0 aromatic heterocycles. The van der Waals surface area contributed by atoms with Crippen LogP contribution in [0.4, 0.5) is 13.2 Å². The standard InChI is InChI=1S/C6H6F3NO3/c7-2-1-6(8,9)5(13)10-3-4(11)12/h1-2H,3H2,(H,10,13)(H,11,12). The third-order valence-electron chi connectivity index (χ3n) is 0.975. The summed E-state index contributed by atoms with van der Waals surface area (Å²) in [5, 5.41) is 9.41. The Morgan fingerprint density at radius 1 is 1.46 bits per heavy atom. The first-order valence-corrected chi connectivity index (χ1v) is 3.06. The summed E-state index contributed by atoms with van der Waals surface area (Å²) in [5.74, 6) is -7.35. The molecule has 0 aromatic rings. The summed E-state index contributed by atoms with van der Waals surface area (Å²) in [6.07, 6.45) is -0.759. The summed E-state index contributed by atoms with van der Waals surface area (Å²) in [4.78, 5) is 20.3. The van der Waals surface area contributed by atoms with Crippen LogP contribution in [0.2, 0.25) is 0 Å². The van der Waals surface area contributed by atoms with E-state index in [1.807, 2.05) is 0 Å². The zero-order valence-corrected chi connectivity index (χ0v) is 6.26. The molecule has 4 nitrogen and oxygen atoms in total. The van der Waals surface area contributed by atoms with Gasteiger partial charge in [-0.3, -0.25) is 9.59 Å². The maximum atomic E-state index is 12.3. The van der Waals surface area contributed by atoms with Gasteiger partial charge in [-0.05, 0) is 0 Å². The van der Waals surface area contributed by atoms with E-state index < -0.39 is 30.7 Å². The fraction of sp³-hybridized carbons (Fsp3) is 0.333. The van der Waals surface area contributed by atoms with E-state index in [1.54, 1.807) is 0 Å². The van der Waals surface area contributed by atoms with Gasteiger partial charge in [0.2, 0.25) is 0 Å². The Hall–Kier alpha value is -1.53. The van der Waals surface area contributed by atoms with E-state index in [-0.39, 0.29) is 6.08 Å². The number of carbonyl (C=O) groups is 2. The molecule has 0 aliphatic rings. The zero-order valence-electron chi connectivity index (χ0n) is 6.26. The predicted molar refractivity (Wildman–Crippen MR) is 35.8 cm³/mol. The smallest absolute Gasteiger partial charge is 0.345 e. The van der Waals surface area contributed by atoms with Gasteiger partial charge in [-0.1, -0.05) is 0 Å². The second-order valence-corrected chi connectivity index (χ2v) is 1.99. The molecule has 1 amide bonds. The van der Waals surface area contributed by atoms with Crippen molar-refractivity contribution < 1.29 is 27.9 Å². The number of carbonyl (C=O) groups excluding carboxylic acids is 1. The highest BCUT2D eigenvalue weighted by Crippen LogP contribution is 2.14. The van der Waals surface area contributed by atoms with Gasteiger partial charge >= 0.3 is 11.9 Å². The highest BCUT2D eigenvalue weighted by molar-refractivity contribution is 5.88. The van der Waals surface area contributed by atoms with Crippen LogP contribution < -0.4 is 5.32 Å². The minimum absolute atomic E-state index is 0.274. The number of nitrogens with one attached hydrogen (secondary N) is 1. The van der Waals surface area contributed by atoms with Crippen molar-refractivity contribution in [1.82, 2.24) is 5.32 Å². The first-order valence-electron chi connectivity index (χ1n) is 3.06. The number of alkyl halides is 2. The zero-order chi connectivity index (χ0) is 10.5. The molecule has 0 heterocycles. The van der Waals surface area contributed by atoms with Gasteiger partial charge < -0.3 is 10.4 Å². The maximum Gasteiger partial charge on any atom is 0.345 e. The van der Waals surface area contributed by atoms with Crippen LogP contribution in [-0.4, -0.2) is 29.5 Å². The normalized spacial score (nSPS) is 11.6. The fourth-order valence-corrected chi connectivity index (χ4v) is 0.429. The number of rotatable bonds is 4. The second kappa shape index (κ2) is 4.48. The van der Waals surface area contributed by atoms with Crippen molar-refractivity contribution >= 4 is 11.9 Å². The third-order valence-corrected chi connectivity index (χ3v) is 0.975. The van der Waals surface area contributed by atoms with Crippen LogP contribution in [0.1, 0.15) is 0 Å². The summed E-state index contributed by atoms with van der Waals surface area (Å²) < 4.78 is 36.0. The van der Waals surface area contributed by atoms with E-state index in [9.17, 15) is 22.8 Å². The summed E-state index contributed by atoms with van der Waals surface area (Å²) in [7, 11) is 0. The SMILES string of the molecule is O=C(O)CNC(=O)C(F)(F)C=CF. The highest BCUT2D eigenvalue weighted by atomic mass is 19.3. The Morgan fingerprint density at radius 3 is 2.38 bits per heavy atom. The molecule has 74 valence electrons. The lowest BCUT2D eigenvalue weighted by molar-refractivity contribution is -0.144. The number of carboxylic acid groups (broad SMARTS) is 1. The Bertz CT molecular complexity index is 239. The van der Waals surface area contributed by atoms with Crippen LogP contribution in [-0.2, 0) is 9.59 Å². The van der Waals surface area contributed by atoms with Gasteiger partial charge in [0.25, 0.3) is 5.91 Å². The number of aliphatic carboxylic acids is 1. The van der Waals surface area contributed by atoms with Crippen LogP contribution in [0.5, 0.6) is 0 Å². The summed E-state index contributed by atoms with van der Waals surface area (Å²) in [6, 6.07) is 0. The van der Waals surface area contributed by atoms with E-state index in [0.717, 1.165) is 0 Å². The van der Waals surface area contributed by atoms with Crippen LogP contribution >= 0.6 is 0 Å². The van der Waals surface area contributed by atoms with Gasteiger partial charge in [0, 0.05) is 6.08 Å². The Balaban J connectivity index is 4.17. The second-order valence-electron chi connectivity index (χ2n) is 1.99. The fourth-order valence-electron chi connectivity index (χ4n) is 0.429. The molecule has 7 heteroatoms.